The summed E-state index contributed by atoms with van der Waals surface area (Å²) in [5.74, 6) is 1.51. The molecule has 0 spiro atoms. The summed E-state index contributed by atoms with van der Waals surface area (Å²) < 4.78 is 2.11. The molecule has 1 N–H and O–H groups in total. The van der Waals surface area contributed by atoms with E-state index < -0.39 is 0 Å². The van der Waals surface area contributed by atoms with Crippen LogP contribution >= 0.6 is 0 Å². The minimum absolute atomic E-state index is 0.217. The third-order valence-corrected chi connectivity index (χ3v) is 4.04. The van der Waals surface area contributed by atoms with Crippen LogP contribution in [0.1, 0.15) is 35.1 Å². The van der Waals surface area contributed by atoms with E-state index in [1.165, 1.54) is 23.8 Å². The lowest BCUT2D eigenvalue weighted by atomic mass is 10.3. The van der Waals surface area contributed by atoms with Crippen LogP contribution in [-0.2, 0) is 6.54 Å². The summed E-state index contributed by atoms with van der Waals surface area (Å²) in [7, 11) is 0. The molecule has 7 nitrogen and oxygen atoms in total. The number of imidazole rings is 1. The molecule has 3 aromatic rings. The monoisotopic (exact) mass is 322 g/mol. The number of rotatable bonds is 6. The Morgan fingerprint density at radius 3 is 2.88 bits per heavy atom. The third kappa shape index (κ3) is 3.05. The molecule has 4 rings (SSSR count). The van der Waals surface area contributed by atoms with Gasteiger partial charge >= 0.3 is 0 Å². The third-order valence-electron chi connectivity index (χ3n) is 4.04. The zero-order valence-corrected chi connectivity index (χ0v) is 13.2. The number of aromatic nitrogens is 5. The fraction of sp³-hybridized carbons (Fsp3) is 0.294. The molecule has 2 heterocycles. The fourth-order valence-corrected chi connectivity index (χ4v) is 2.64. The zero-order chi connectivity index (χ0) is 16.4. The highest BCUT2D eigenvalue weighted by Gasteiger charge is 2.27. The summed E-state index contributed by atoms with van der Waals surface area (Å²) in [5.41, 5.74) is 1.14. The molecule has 1 aliphatic rings. The lowest BCUT2D eigenvalue weighted by molar-refractivity contribution is 0.0947. The van der Waals surface area contributed by atoms with Crippen molar-refractivity contribution < 1.29 is 4.79 Å². The van der Waals surface area contributed by atoms with Crippen LogP contribution in [0.5, 0.6) is 0 Å². The Hall–Kier alpha value is -2.96. The maximum absolute atomic E-state index is 12.2. The number of hydrogen-bond donors (Lipinski definition) is 1. The summed E-state index contributed by atoms with van der Waals surface area (Å²) in [6, 6.07) is 9.51. The van der Waals surface area contributed by atoms with Gasteiger partial charge < -0.3 is 9.88 Å². The largest absolute Gasteiger partial charge is 0.349 e. The lowest BCUT2D eigenvalue weighted by Gasteiger charge is -2.07. The van der Waals surface area contributed by atoms with Crippen molar-refractivity contribution in [3.63, 3.8) is 0 Å². The van der Waals surface area contributed by atoms with Gasteiger partial charge in [0.1, 0.15) is 5.82 Å². The summed E-state index contributed by atoms with van der Waals surface area (Å²) in [5, 5.41) is 11.3. The number of nitrogens with one attached hydrogen (secondary N) is 1. The highest BCUT2D eigenvalue weighted by Crippen LogP contribution is 2.38. The second kappa shape index (κ2) is 6.27. The van der Waals surface area contributed by atoms with Crippen LogP contribution in [0, 0.1) is 0 Å². The molecule has 1 fully saturated rings. The van der Waals surface area contributed by atoms with E-state index in [9.17, 15) is 4.79 Å². The minimum atomic E-state index is -0.217. The fourth-order valence-electron chi connectivity index (χ4n) is 2.64. The van der Waals surface area contributed by atoms with Crippen molar-refractivity contribution in [3.8, 4) is 5.69 Å². The molecule has 0 unspecified atom stereocenters. The van der Waals surface area contributed by atoms with E-state index in [2.05, 4.69) is 25.1 Å². The molecule has 1 amide bonds. The van der Waals surface area contributed by atoms with Crippen LogP contribution in [0.25, 0.3) is 5.69 Å². The molecular weight excluding hydrogens is 304 g/mol. The molecule has 2 aromatic heterocycles. The first-order chi connectivity index (χ1) is 11.8. The smallest absolute Gasteiger partial charge is 0.273 e. The highest BCUT2D eigenvalue weighted by atomic mass is 16.2. The molecule has 122 valence electrons. The number of hydrogen-bond acceptors (Lipinski definition) is 4. The Kier molecular flexibility index (Phi) is 3.82. The first-order valence-corrected chi connectivity index (χ1v) is 8.08. The van der Waals surface area contributed by atoms with Gasteiger partial charge in [-0.3, -0.25) is 4.79 Å². The second-order valence-electron chi connectivity index (χ2n) is 5.86. The van der Waals surface area contributed by atoms with Crippen LogP contribution in [0.3, 0.4) is 0 Å². The second-order valence-corrected chi connectivity index (χ2v) is 5.86. The molecule has 0 aliphatic heterocycles. The number of nitrogens with zero attached hydrogens (tertiary/aromatic N) is 5. The van der Waals surface area contributed by atoms with E-state index in [-0.39, 0.29) is 5.91 Å². The number of amides is 1. The van der Waals surface area contributed by atoms with Crippen molar-refractivity contribution in [1.82, 2.24) is 29.9 Å². The first-order valence-electron chi connectivity index (χ1n) is 8.08. The van der Waals surface area contributed by atoms with Gasteiger partial charge in [-0.1, -0.05) is 18.2 Å². The van der Waals surface area contributed by atoms with Gasteiger partial charge in [-0.15, -0.1) is 5.10 Å². The van der Waals surface area contributed by atoms with Crippen LogP contribution in [0.15, 0.2) is 48.9 Å². The van der Waals surface area contributed by atoms with Gasteiger partial charge in [0.25, 0.3) is 5.91 Å². The maximum Gasteiger partial charge on any atom is 0.273 e. The molecule has 0 bridgehead atoms. The van der Waals surface area contributed by atoms with Gasteiger partial charge in [-0.05, 0) is 25.0 Å². The number of benzene rings is 1. The Balaban J connectivity index is 1.35. The zero-order valence-electron chi connectivity index (χ0n) is 13.2. The predicted molar refractivity (Wildman–Crippen MR) is 87.9 cm³/mol. The first kappa shape index (κ1) is 14.6. The topological polar surface area (TPSA) is 77.6 Å². The number of carbonyl (C=O) groups is 1. The predicted octanol–water partition coefficient (Wildman–Crippen LogP) is 1.77. The van der Waals surface area contributed by atoms with Gasteiger partial charge in [0.2, 0.25) is 0 Å². The van der Waals surface area contributed by atoms with Gasteiger partial charge in [0, 0.05) is 31.4 Å². The SMILES string of the molecule is O=C(NCCn1ccnc1C1CC1)c1cnn(-c2ccccc2)n1. The summed E-state index contributed by atoms with van der Waals surface area (Å²) >= 11 is 0. The summed E-state index contributed by atoms with van der Waals surface area (Å²) in [6.45, 7) is 1.25. The molecule has 0 atom stereocenters. The van der Waals surface area contributed by atoms with Crippen molar-refractivity contribution in [1.29, 1.82) is 0 Å². The van der Waals surface area contributed by atoms with Gasteiger partial charge in [0.05, 0.1) is 11.9 Å². The molecule has 1 aromatic carbocycles. The number of para-hydroxylation sites is 1. The quantitative estimate of drug-likeness (QED) is 0.750. The number of carbonyl (C=O) groups excluding carboxylic acids is 1. The van der Waals surface area contributed by atoms with Crippen molar-refractivity contribution in [2.75, 3.05) is 6.54 Å². The van der Waals surface area contributed by atoms with E-state index in [1.54, 1.807) is 0 Å². The Morgan fingerprint density at radius 2 is 2.08 bits per heavy atom. The molecule has 24 heavy (non-hydrogen) atoms. The molecular formula is C17H18N6O. The van der Waals surface area contributed by atoms with E-state index in [4.69, 9.17) is 0 Å². The Bertz CT molecular complexity index is 834. The van der Waals surface area contributed by atoms with Crippen LogP contribution < -0.4 is 5.32 Å². The Labute approximate surface area is 139 Å². The van der Waals surface area contributed by atoms with Gasteiger partial charge in [-0.2, -0.15) is 9.90 Å². The van der Waals surface area contributed by atoms with Gasteiger partial charge in [-0.25, -0.2) is 4.98 Å². The Morgan fingerprint density at radius 1 is 1.25 bits per heavy atom. The molecule has 1 aliphatic carbocycles. The average Bonchev–Trinajstić information content (AvgIpc) is 3.15. The normalized spacial score (nSPS) is 13.8. The van der Waals surface area contributed by atoms with E-state index in [0.717, 1.165) is 11.5 Å². The average molecular weight is 322 g/mol. The highest BCUT2D eigenvalue weighted by molar-refractivity contribution is 5.91. The van der Waals surface area contributed by atoms with Crippen molar-refractivity contribution >= 4 is 5.91 Å². The van der Waals surface area contributed by atoms with Crippen LogP contribution in [-0.4, -0.2) is 37.0 Å². The molecule has 0 radical (unpaired) electrons. The van der Waals surface area contributed by atoms with E-state index in [1.807, 2.05) is 42.7 Å². The van der Waals surface area contributed by atoms with Crippen molar-refractivity contribution in [2.45, 2.75) is 25.3 Å². The molecule has 7 heteroatoms. The lowest BCUT2D eigenvalue weighted by Crippen LogP contribution is -2.28. The maximum atomic E-state index is 12.2. The van der Waals surface area contributed by atoms with E-state index in [0.29, 0.717) is 24.7 Å². The summed E-state index contributed by atoms with van der Waals surface area (Å²) in [4.78, 5) is 18.0. The van der Waals surface area contributed by atoms with Crippen molar-refractivity contribution in [2.24, 2.45) is 0 Å². The molecule has 0 saturated heterocycles. The van der Waals surface area contributed by atoms with Crippen LogP contribution in [0.4, 0.5) is 0 Å². The summed E-state index contributed by atoms with van der Waals surface area (Å²) in [6.07, 6.45) is 7.69. The van der Waals surface area contributed by atoms with E-state index >= 15 is 0 Å². The van der Waals surface area contributed by atoms with Gasteiger partial charge in [0.15, 0.2) is 5.69 Å². The standard InChI is InChI=1S/C17H18N6O/c24-17(15-12-20-23(21-15)14-4-2-1-3-5-14)19-9-11-22-10-8-18-16(22)13-6-7-13/h1-5,8,10,12-13H,6-7,9,11H2,(H,19,24). The van der Waals surface area contributed by atoms with Crippen molar-refractivity contribution in [3.05, 3.63) is 60.4 Å². The minimum Gasteiger partial charge on any atom is -0.349 e. The molecule has 1 saturated carbocycles. The van der Waals surface area contributed by atoms with Crippen LogP contribution in [0.2, 0.25) is 0 Å².